The fourth-order valence-electron chi connectivity index (χ4n) is 2.63. The van der Waals surface area contributed by atoms with Crippen LogP contribution >= 0.6 is 12.2 Å². The van der Waals surface area contributed by atoms with Crippen LogP contribution in [0.2, 0.25) is 0 Å². The van der Waals surface area contributed by atoms with Crippen molar-refractivity contribution in [2.75, 3.05) is 30.4 Å². The fraction of sp³-hybridized carbons (Fsp3) is 0.273. The van der Waals surface area contributed by atoms with Gasteiger partial charge >= 0.3 is 0 Å². The van der Waals surface area contributed by atoms with E-state index in [1.54, 1.807) is 30.1 Å². The number of carbonyl (C=O) groups excluding carboxylic acids is 2. The first kappa shape index (κ1) is 24.7. The second-order valence-electron chi connectivity index (χ2n) is 5.97. The maximum Gasteiger partial charge on any atom is 0.253 e. The first-order valence-corrected chi connectivity index (χ1v) is 9.76. The van der Waals surface area contributed by atoms with E-state index in [9.17, 15) is 14.0 Å². The highest BCUT2D eigenvalue weighted by atomic mass is 32.1. The number of nitrogens with one attached hydrogen (secondary N) is 1. The van der Waals surface area contributed by atoms with Crippen molar-refractivity contribution >= 4 is 40.9 Å². The van der Waals surface area contributed by atoms with E-state index in [4.69, 9.17) is 17.5 Å². The van der Waals surface area contributed by atoms with Crippen LogP contribution in [-0.4, -0.2) is 37.9 Å². The molecule has 0 saturated carbocycles. The van der Waals surface area contributed by atoms with Crippen molar-refractivity contribution in [2.24, 2.45) is 0 Å². The summed E-state index contributed by atoms with van der Waals surface area (Å²) in [6.07, 6.45) is 0.661. The molecule has 0 radical (unpaired) electrons. The van der Waals surface area contributed by atoms with Gasteiger partial charge in [-0.05, 0) is 61.1 Å². The molecule has 158 valence electrons. The molecule has 0 bridgehead atoms. The zero-order valence-corrected chi connectivity index (χ0v) is 18.5. The number of thiocarbonyl (C=S) groups is 1. The number of amides is 1. The minimum atomic E-state index is -0.715. The number of anilines is 2. The van der Waals surface area contributed by atoms with Crippen molar-refractivity contribution in [3.63, 3.8) is 0 Å². The zero-order chi connectivity index (χ0) is 22.8. The van der Waals surface area contributed by atoms with Crippen LogP contribution < -0.4 is 15.1 Å². The zero-order valence-electron chi connectivity index (χ0n) is 17.7. The van der Waals surface area contributed by atoms with Crippen molar-refractivity contribution in [2.45, 2.75) is 20.8 Å². The predicted octanol–water partition coefficient (Wildman–Crippen LogP) is 3.82. The van der Waals surface area contributed by atoms with Gasteiger partial charge in [0.05, 0.1) is 23.7 Å². The number of rotatable bonds is 5. The molecule has 1 amide bonds. The van der Waals surface area contributed by atoms with E-state index in [0.29, 0.717) is 17.5 Å². The van der Waals surface area contributed by atoms with Crippen molar-refractivity contribution in [1.29, 1.82) is 5.26 Å². The summed E-state index contributed by atoms with van der Waals surface area (Å²) >= 11 is 5.51. The summed E-state index contributed by atoms with van der Waals surface area (Å²) in [6, 6.07) is 11.4. The standard InChI is InChI=1S/C20H19FN4O2S.C2H6/c1-13-10-15(5-4-14(13)12-22)24(3)20(28)25(8-9-26)16-6-7-17(18(21)11-16)19(27)23-2;1-2/h4-7,9-11H,8H2,1-3H3,(H,23,27);1-2H3. The van der Waals surface area contributed by atoms with E-state index >= 15 is 0 Å². The summed E-state index contributed by atoms with van der Waals surface area (Å²) in [5.41, 5.74) is 2.32. The topological polar surface area (TPSA) is 76.4 Å². The van der Waals surface area contributed by atoms with Crippen LogP contribution in [0, 0.1) is 24.1 Å². The SMILES string of the molecule is CC.CNC(=O)c1ccc(N(CC=O)C(=S)N(C)c2ccc(C#N)c(C)c2)cc1F. The molecule has 0 atom stereocenters. The molecule has 30 heavy (non-hydrogen) atoms. The molecule has 0 aliphatic rings. The van der Waals surface area contributed by atoms with Crippen molar-refractivity contribution < 1.29 is 14.0 Å². The van der Waals surface area contributed by atoms with E-state index in [-0.39, 0.29) is 17.2 Å². The molecule has 0 fully saturated rings. The van der Waals surface area contributed by atoms with Gasteiger partial charge in [-0.15, -0.1) is 0 Å². The number of carbonyl (C=O) groups is 2. The van der Waals surface area contributed by atoms with Gasteiger partial charge in [-0.3, -0.25) is 4.79 Å². The highest BCUT2D eigenvalue weighted by Crippen LogP contribution is 2.23. The first-order chi connectivity index (χ1) is 14.3. The summed E-state index contributed by atoms with van der Waals surface area (Å²) in [7, 11) is 3.13. The fourth-order valence-corrected chi connectivity index (χ4v) is 2.92. The van der Waals surface area contributed by atoms with Gasteiger partial charge in [0.1, 0.15) is 12.1 Å². The molecule has 2 aromatic carbocycles. The smallest absolute Gasteiger partial charge is 0.253 e. The molecular weight excluding hydrogens is 403 g/mol. The average molecular weight is 429 g/mol. The van der Waals surface area contributed by atoms with Crippen LogP contribution in [0.3, 0.4) is 0 Å². The lowest BCUT2D eigenvalue weighted by Gasteiger charge is -2.30. The second-order valence-corrected chi connectivity index (χ2v) is 6.34. The molecule has 8 heteroatoms. The first-order valence-electron chi connectivity index (χ1n) is 9.35. The minimum Gasteiger partial charge on any atom is -0.355 e. The average Bonchev–Trinajstić information content (AvgIpc) is 2.77. The van der Waals surface area contributed by atoms with Gasteiger partial charge < -0.3 is 19.9 Å². The van der Waals surface area contributed by atoms with E-state index < -0.39 is 11.7 Å². The Morgan fingerprint density at radius 1 is 1.23 bits per heavy atom. The number of aldehydes is 1. The quantitative estimate of drug-likeness (QED) is 0.576. The summed E-state index contributed by atoms with van der Waals surface area (Å²) in [5.74, 6) is -1.26. The summed E-state index contributed by atoms with van der Waals surface area (Å²) in [5, 5.41) is 11.7. The highest BCUT2D eigenvalue weighted by molar-refractivity contribution is 7.80. The molecule has 0 aliphatic carbocycles. The van der Waals surface area contributed by atoms with Gasteiger partial charge in [-0.1, -0.05) is 13.8 Å². The van der Waals surface area contributed by atoms with Gasteiger partial charge in [-0.2, -0.15) is 5.26 Å². The predicted molar refractivity (Wildman–Crippen MR) is 121 cm³/mol. The maximum absolute atomic E-state index is 14.3. The third kappa shape index (κ3) is 5.61. The Morgan fingerprint density at radius 3 is 2.37 bits per heavy atom. The molecule has 0 aromatic heterocycles. The van der Waals surface area contributed by atoms with E-state index in [1.807, 2.05) is 20.8 Å². The van der Waals surface area contributed by atoms with Crippen LogP contribution in [-0.2, 0) is 4.79 Å². The van der Waals surface area contributed by atoms with Crippen molar-refractivity contribution in [3.05, 3.63) is 58.9 Å². The van der Waals surface area contributed by atoms with E-state index in [0.717, 1.165) is 17.3 Å². The molecule has 2 rings (SSSR count). The largest absolute Gasteiger partial charge is 0.355 e. The Kier molecular flexibility index (Phi) is 9.59. The molecule has 0 spiro atoms. The number of nitrogens with zero attached hydrogens (tertiary/aromatic N) is 3. The van der Waals surface area contributed by atoms with Crippen molar-refractivity contribution in [1.82, 2.24) is 5.32 Å². The molecule has 1 N–H and O–H groups in total. The molecule has 0 saturated heterocycles. The number of nitriles is 1. The molecule has 0 unspecified atom stereocenters. The lowest BCUT2D eigenvalue weighted by molar-refractivity contribution is -0.106. The highest BCUT2D eigenvalue weighted by Gasteiger charge is 2.20. The summed E-state index contributed by atoms with van der Waals surface area (Å²) < 4.78 is 14.3. The molecule has 0 aliphatic heterocycles. The van der Waals surface area contributed by atoms with Crippen LogP contribution in [0.5, 0.6) is 0 Å². The summed E-state index contributed by atoms with van der Waals surface area (Å²) in [6.45, 7) is 5.73. The van der Waals surface area contributed by atoms with E-state index in [1.165, 1.54) is 24.1 Å². The number of hydrogen-bond donors (Lipinski definition) is 1. The monoisotopic (exact) mass is 428 g/mol. The second kappa shape index (κ2) is 11.6. The third-order valence-electron chi connectivity index (χ3n) is 4.23. The lowest BCUT2D eigenvalue weighted by atomic mass is 10.1. The van der Waals surface area contributed by atoms with Gasteiger partial charge in [0, 0.05) is 25.5 Å². The Morgan fingerprint density at radius 2 is 1.87 bits per heavy atom. The molecule has 0 heterocycles. The molecular formula is C22H25FN4O2S. The Labute approximate surface area is 181 Å². The Bertz CT molecular complexity index is 972. The number of halogens is 1. The van der Waals surface area contributed by atoms with Gasteiger partial charge in [0.15, 0.2) is 5.11 Å². The maximum atomic E-state index is 14.3. The van der Waals surface area contributed by atoms with E-state index in [2.05, 4.69) is 11.4 Å². The summed E-state index contributed by atoms with van der Waals surface area (Å²) in [4.78, 5) is 26.0. The van der Waals surface area contributed by atoms with Crippen LogP contribution in [0.4, 0.5) is 15.8 Å². The normalized spacial score (nSPS) is 9.50. The van der Waals surface area contributed by atoms with Gasteiger partial charge in [0.25, 0.3) is 5.91 Å². The number of benzene rings is 2. The van der Waals surface area contributed by atoms with Gasteiger partial charge in [0.2, 0.25) is 0 Å². The van der Waals surface area contributed by atoms with Crippen LogP contribution in [0.1, 0.15) is 35.3 Å². The lowest BCUT2D eigenvalue weighted by Crippen LogP contribution is -2.42. The number of aryl methyl sites for hydroxylation is 1. The van der Waals surface area contributed by atoms with Crippen molar-refractivity contribution in [3.8, 4) is 6.07 Å². The minimum absolute atomic E-state index is 0.0861. The van der Waals surface area contributed by atoms with Crippen LogP contribution in [0.25, 0.3) is 0 Å². The Balaban J connectivity index is 0.00000218. The third-order valence-corrected chi connectivity index (χ3v) is 4.72. The van der Waals surface area contributed by atoms with Crippen LogP contribution in [0.15, 0.2) is 36.4 Å². The Hall–Kier alpha value is -3.31. The molecule has 2 aromatic rings. The number of hydrogen-bond acceptors (Lipinski definition) is 4. The van der Waals surface area contributed by atoms with Gasteiger partial charge in [-0.25, -0.2) is 4.39 Å². The molecule has 6 nitrogen and oxygen atoms in total.